The highest BCUT2D eigenvalue weighted by atomic mass is 35.5. The molecule has 0 spiro atoms. The van der Waals surface area contributed by atoms with Crippen LogP contribution in [-0.4, -0.2) is 54.9 Å². The van der Waals surface area contributed by atoms with Crippen LogP contribution in [0.5, 0.6) is 0 Å². The zero-order chi connectivity index (χ0) is 15.9. The Kier molecular flexibility index (Phi) is 8.44. The SMILES string of the molecule is CN(C)C(=O)Cc1ccc(NC(=O)CC2CSCCN2)cc1.Cl. The molecule has 0 saturated carbocycles. The molecule has 7 heteroatoms. The van der Waals surface area contributed by atoms with E-state index in [1.165, 1.54) is 0 Å². The number of nitrogens with zero attached hydrogens (tertiary/aromatic N) is 1. The number of anilines is 1. The van der Waals surface area contributed by atoms with Crippen molar-refractivity contribution < 1.29 is 9.59 Å². The van der Waals surface area contributed by atoms with Gasteiger partial charge in [-0.3, -0.25) is 9.59 Å². The summed E-state index contributed by atoms with van der Waals surface area (Å²) in [5, 5.41) is 6.26. The van der Waals surface area contributed by atoms with E-state index in [2.05, 4.69) is 10.6 Å². The summed E-state index contributed by atoms with van der Waals surface area (Å²) < 4.78 is 0. The topological polar surface area (TPSA) is 61.4 Å². The van der Waals surface area contributed by atoms with Crippen molar-refractivity contribution in [3.05, 3.63) is 29.8 Å². The molecule has 2 N–H and O–H groups in total. The second-order valence-electron chi connectivity index (χ2n) is 5.64. The van der Waals surface area contributed by atoms with Crippen molar-refractivity contribution in [2.75, 3.05) is 37.5 Å². The summed E-state index contributed by atoms with van der Waals surface area (Å²) in [7, 11) is 3.49. The van der Waals surface area contributed by atoms with Crippen LogP contribution in [0.4, 0.5) is 5.69 Å². The number of carbonyl (C=O) groups excluding carboxylic acids is 2. The van der Waals surface area contributed by atoms with Gasteiger partial charge in [-0.25, -0.2) is 0 Å². The molecule has 0 aromatic heterocycles. The predicted molar refractivity (Wildman–Crippen MR) is 98.5 cm³/mol. The second-order valence-corrected chi connectivity index (χ2v) is 6.79. The molecule has 23 heavy (non-hydrogen) atoms. The summed E-state index contributed by atoms with van der Waals surface area (Å²) in [5.41, 5.74) is 1.72. The first-order valence-electron chi connectivity index (χ1n) is 7.44. The van der Waals surface area contributed by atoms with E-state index in [0.29, 0.717) is 12.8 Å². The van der Waals surface area contributed by atoms with Crippen molar-refractivity contribution in [3.8, 4) is 0 Å². The summed E-state index contributed by atoms with van der Waals surface area (Å²) in [4.78, 5) is 25.2. The number of likely N-dealkylation sites (N-methyl/N-ethyl adjacent to an activating group) is 1. The van der Waals surface area contributed by atoms with E-state index in [4.69, 9.17) is 0 Å². The summed E-state index contributed by atoms with van der Waals surface area (Å²) in [6, 6.07) is 7.71. The van der Waals surface area contributed by atoms with Gasteiger partial charge in [0, 0.05) is 50.3 Å². The molecule has 0 radical (unpaired) electrons. The lowest BCUT2D eigenvalue weighted by Gasteiger charge is -2.22. The molecule has 1 atom stereocenters. The van der Waals surface area contributed by atoms with E-state index in [1.54, 1.807) is 19.0 Å². The molecule has 0 bridgehead atoms. The van der Waals surface area contributed by atoms with Crippen LogP contribution in [-0.2, 0) is 16.0 Å². The average molecular weight is 358 g/mol. The van der Waals surface area contributed by atoms with E-state index >= 15 is 0 Å². The van der Waals surface area contributed by atoms with E-state index < -0.39 is 0 Å². The molecule has 1 heterocycles. The highest BCUT2D eigenvalue weighted by Crippen LogP contribution is 2.13. The lowest BCUT2D eigenvalue weighted by Crippen LogP contribution is -2.39. The molecular weight excluding hydrogens is 334 g/mol. The largest absolute Gasteiger partial charge is 0.349 e. The van der Waals surface area contributed by atoms with E-state index in [0.717, 1.165) is 29.3 Å². The summed E-state index contributed by atoms with van der Waals surface area (Å²) in [6.07, 6.45) is 0.873. The number of amides is 2. The van der Waals surface area contributed by atoms with Crippen molar-refractivity contribution >= 4 is 41.7 Å². The molecular formula is C16H24ClN3O2S. The standard InChI is InChI=1S/C16H23N3O2S.ClH/c1-19(2)16(21)9-12-3-5-13(6-4-12)18-15(20)10-14-11-22-8-7-17-14;/h3-6,14,17H,7-11H2,1-2H3,(H,18,20);1H. The van der Waals surface area contributed by atoms with Crippen LogP contribution in [0.25, 0.3) is 0 Å². The van der Waals surface area contributed by atoms with Gasteiger partial charge in [-0.05, 0) is 17.7 Å². The molecule has 1 saturated heterocycles. The van der Waals surface area contributed by atoms with Gasteiger partial charge >= 0.3 is 0 Å². The van der Waals surface area contributed by atoms with Gasteiger partial charge in [0.1, 0.15) is 0 Å². The Morgan fingerprint density at radius 3 is 2.57 bits per heavy atom. The number of hydrogen-bond acceptors (Lipinski definition) is 4. The second kappa shape index (κ2) is 9.80. The number of benzene rings is 1. The highest BCUT2D eigenvalue weighted by Gasteiger charge is 2.16. The normalized spacial score (nSPS) is 17.0. The fourth-order valence-electron chi connectivity index (χ4n) is 2.23. The Bertz CT molecular complexity index is 517. The first kappa shape index (κ1) is 19.8. The maximum atomic E-state index is 12.0. The van der Waals surface area contributed by atoms with Crippen molar-refractivity contribution in [1.29, 1.82) is 0 Å². The minimum Gasteiger partial charge on any atom is -0.349 e. The number of halogens is 1. The number of carbonyl (C=O) groups is 2. The maximum Gasteiger partial charge on any atom is 0.226 e. The number of hydrogen-bond donors (Lipinski definition) is 2. The van der Waals surface area contributed by atoms with Crippen molar-refractivity contribution in [1.82, 2.24) is 10.2 Å². The molecule has 1 unspecified atom stereocenters. The van der Waals surface area contributed by atoms with Gasteiger partial charge in [0.25, 0.3) is 0 Å². The average Bonchev–Trinajstić information content (AvgIpc) is 2.50. The molecule has 2 amide bonds. The van der Waals surface area contributed by atoms with E-state index in [-0.39, 0.29) is 30.3 Å². The van der Waals surface area contributed by atoms with Crippen LogP contribution in [0.15, 0.2) is 24.3 Å². The first-order chi connectivity index (χ1) is 10.5. The maximum absolute atomic E-state index is 12.0. The van der Waals surface area contributed by atoms with Gasteiger partial charge in [0.05, 0.1) is 6.42 Å². The minimum absolute atomic E-state index is 0. The smallest absolute Gasteiger partial charge is 0.226 e. The van der Waals surface area contributed by atoms with E-state index in [1.807, 2.05) is 36.0 Å². The first-order valence-corrected chi connectivity index (χ1v) is 8.60. The number of nitrogens with one attached hydrogen (secondary N) is 2. The Balaban J connectivity index is 0.00000264. The fraction of sp³-hybridized carbons (Fsp3) is 0.500. The fourth-order valence-corrected chi connectivity index (χ4v) is 3.17. The third-order valence-corrected chi connectivity index (χ3v) is 4.65. The lowest BCUT2D eigenvalue weighted by atomic mass is 10.1. The quantitative estimate of drug-likeness (QED) is 0.843. The highest BCUT2D eigenvalue weighted by molar-refractivity contribution is 7.99. The third-order valence-electron chi connectivity index (χ3n) is 3.52. The third kappa shape index (κ3) is 6.81. The van der Waals surface area contributed by atoms with Gasteiger partial charge in [-0.2, -0.15) is 11.8 Å². The number of thioether (sulfide) groups is 1. The summed E-state index contributed by atoms with van der Waals surface area (Å²) in [6.45, 7) is 0.969. The number of rotatable bonds is 5. The Morgan fingerprint density at radius 2 is 2.00 bits per heavy atom. The summed E-state index contributed by atoms with van der Waals surface area (Å²) in [5.74, 6) is 2.19. The summed E-state index contributed by atoms with van der Waals surface area (Å²) >= 11 is 1.88. The molecule has 128 valence electrons. The molecule has 5 nitrogen and oxygen atoms in total. The molecule has 0 aliphatic carbocycles. The molecule has 1 aliphatic heterocycles. The van der Waals surface area contributed by atoms with Gasteiger partial charge in [-0.15, -0.1) is 12.4 Å². The van der Waals surface area contributed by atoms with Crippen LogP contribution >= 0.6 is 24.2 Å². The van der Waals surface area contributed by atoms with Crippen molar-refractivity contribution in [3.63, 3.8) is 0 Å². The predicted octanol–water partition coefficient (Wildman–Crippen LogP) is 1.77. The Hall–Kier alpha value is -1.24. The molecule has 1 aliphatic rings. The van der Waals surface area contributed by atoms with Gasteiger partial charge in [0.2, 0.25) is 11.8 Å². The van der Waals surface area contributed by atoms with Crippen LogP contribution in [0, 0.1) is 0 Å². The van der Waals surface area contributed by atoms with Gasteiger partial charge < -0.3 is 15.5 Å². The van der Waals surface area contributed by atoms with Crippen LogP contribution in [0.2, 0.25) is 0 Å². The molecule has 1 fully saturated rings. The van der Waals surface area contributed by atoms with Crippen LogP contribution in [0.3, 0.4) is 0 Å². The zero-order valence-electron chi connectivity index (χ0n) is 13.5. The zero-order valence-corrected chi connectivity index (χ0v) is 15.1. The Morgan fingerprint density at radius 1 is 1.30 bits per heavy atom. The minimum atomic E-state index is 0. The molecule has 1 aromatic carbocycles. The van der Waals surface area contributed by atoms with Crippen LogP contribution in [0.1, 0.15) is 12.0 Å². The van der Waals surface area contributed by atoms with Crippen molar-refractivity contribution in [2.45, 2.75) is 18.9 Å². The van der Waals surface area contributed by atoms with Gasteiger partial charge in [0.15, 0.2) is 0 Å². The Labute approximate surface area is 148 Å². The molecule has 2 rings (SSSR count). The monoisotopic (exact) mass is 357 g/mol. The van der Waals surface area contributed by atoms with Crippen molar-refractivity contribution in [2.24, 2.45) is 0 Å². The van der Waals surface area contributed by atoms with Crippen LogP contribution < -0.4 is 10.6 Å². The van der Waals surface area contributed by atoms with E-state index in [9.17, 15) is 9.59 Å². The lowest BCUT2D eigenvalue weighted by molar-refractivity contribution is -0.128. The molecule has 1 aromatic rings. The van der Waals surface area contributed by atoms with Gasteiger partial charge in [-0.1, -0.05) is 12.1 Å².